The van der Waals surface area contributed by atoms with E-state index in [0.717, 1.165) is 32.1 Å². The number of hydrogen-bond donors (Lipinski definition) is 14. The molecule has 0 unspecified atom stereocenters. The molecule has 0 aromatic heterocycles. The molecule has 0 aromatic rings. The number of hydrogen-bond acceptors (Lipinski definition) is 23. The number of fused-ring (bicyclic) bond motifs is 7. The fourth-order valence-corrected chi connectivity index (χ4v) is 16.0. The van der Waals surface area contributed by atoms with Crippen LogP contribution in [0.5, 0.6) is 0 Å². The molecule has 6 saturated heterocycles. The highest BCUT2D eigenvalue weighted by atomic mass is 16.8. The van der Waals surface area contributed by atoms with Gasteiger partial charge in [-0.15, -0.1) is 0 Å². The molecule has 424 valence electrons. The Labute approximate surface area is 429 Å². The van der Waals surface area contributed by atoms with E-state index in [1.807, 2.05) is 6.92 Å². The highest BCUT2D eigenvalue weighted by molar-refractivity contribution is 5.27. The molecule has 6 heterocycles. The second kappa shape index (κ2) is 20.4. The van der Waals surface area contributed by atoms with Gasteiger partial charge < -0.3 is 114 Å². The van der Waals surface area contributed by atoms with Crippen molar-refractivity contribution in [2.75, 3.05) is 26.4 Å². The molecule has 74 heavy (non-hydrogen) atoms. The molecule has 10 aliphatic rings. The Bertz CT molecular complexity index is 2020. The summed E-state index contributed by atoms with van der Waals surface area (Å²) in [5.41, 5.74) is -2.52. The summed E-state index contributed by atoms with van der Waals surface area (Å²) < 4.78 is 55.9. The van der Waals surface area contributed by atoms with Crippen LogP contribution in [0.15, 0.2) is 11.6 Å². The Morgan fingerprint density at radius 1 is 0.649 bits per heavy atom. The van der Waals surface area contributed by atoms with E-state index in [0.29, 0.717) is 43.4 Å². The zero-order valence-corrected chi connectivity index (χ0v) is 42.7. The van der Waals surface area contributed by atoms with Gasteiger partial charge in [0.15, 0.2) is 30.3 Å². The molecule has 9 fully saturated rings. The molecule has 1 spiro atoms. The van der Waals surface area contributed by atoms with Crippen molar-refractivity contribution in [2.45, 2.75) is 238 Å². The molecule has 6 aliphatic heterocycles. The number of aliphatic hydroxyl groups excluding tert-OH is 13. The Kier molecular flexibility index (Phi) is 15.5. The van der Waals surface area contributed by atoms with E-state index in [-0.39, 0.29) is 35.4 Å². The maximum Gasteiger partial charge on any atom is 0.192 e. The molecule has 31 atom stereocenters. The molecule has 0 bridgehead atoms. The summed E-state index contributed by atoms with van der Waals surface area (Å²) in [5.74, 6) is 0.410. The average molecular weight is 1060 g/mol. The molecule has 23 nitrogen and oxygen atoms in total. The van der Waals surface area contributed by atoms with Crippen molar-refractivity contribution in [1.29, 1.82) is 0 Å². The first kappa shape index (κ1) is 56.1. The van der Waals surface area contributed by atoms with Crippen molar-refractivity contribution in [3.05, 3.63) is 11.6 Å². The van der Waals surface area contributed by atoms with Crippen molar-refractivity contribution in [2.24, 2.45) is 40.4 Å². The molecular weight excluding hydrogens is 981 g/mol. The average Bonchev–Trinajstić information content (AvgIpc) is 3.98. The zero-order valence-electron chi connectivity index (χ0n) is 42.7. The fraction of sp³-hybridized carbons (Fsp3) is 0.961. The number of ether oxygens (including phenoxy) is 9. The van der Waals surface area contributed by atoms with E-state index in [1.165, 1.54) is 12.5 Å². The summed E-state index contributed by atoms with van der Waals surface area (Å²) in [5, 5.41) is 150. The van der Waals surface area contributed by atoms with E-state index in [4.69, 9.17) is 42.6 Å². The first-order valence-electron chi connectivity index (χ1n) is 26.9. The Balaban J connectivity index is 0.797. The standard InChI is InChI=1S/C51H82O23/c1-20-31-27(73-50(20)13-12-47(3,74-50)19-66-45-41(38(61)34(57)29(17-53)70-45)72-44-40(63)37(60)33(56)28(16-52)69-44)15-26-24-7-6-22-14-23(8-10-48(22,4)25(24)9-11-49(26,31)5)68-46-51(65,42(64)35(58)30(18-54)71-46)43-39(62)36(59)32(55)21(2)67-43/h6,20-21,23-46,52-65H,7-19H2,1-5H3/t20-,21-,23-,24+,25-,26-,27-,28+,29+,30+,31-,32-,33+,34+,35+,36+,37-,38-,39+,40+,41+,42-,43+,44-,45+,46+,47-,48-,49-,50-,51-/m0/s1. The van der Waals surface area contributed by atoms with Crippen molar-refractivity contribution < 1.29 is 114 Å². The molecule has 23 heteroatoms. The van der Waals surface area contributed by atoms with Gasteiger partial charge in [0.05, 0.1) is 50.3 Å². The highest BCUT2D eigenvalue weighted by Gasteiger charge is 2.71. The van der Waals surface area contributed by atoms with E-state index in [2.05, 4.69) is 26.8 Å². The van der Waals surface area contributed by atoms with Crippen LogP contribution in [0.3, 0.4) is 0 Å². The summed E-state index contributed by atoms with van der Waals surface area (Å²) >= 11 is 0. The van der Waals surface area contributed by atoms with Gasteiger partial charge in [-0.1, -0.05) is 32.4 Å². The Morgan fingerprint density at radius 2 is 1.30 bits per heavy atom. The van der Waals surface area contributed by atoms with Gasteiger partial charge in [-0.05, 0) is 99.7 Å². The Hall–Kier alpha value is -1.18. The molecule has 0 radical (unpaired) electrons. The third-order valence-corrected chi connectivity index (χ3v) is 20.3. The van der Waals surface area contributed by atoms with Crippen LogP contribution in [-0.4, -0.2) is 244 Å². The predicted octanol–water partition coefficient (Wildman–Crippen LogP) is -3.46. The van der Waals surface area contributed by atoms with Crippen molar-refractivity contribution in [3.63, 3.8) is 0 Å². The van der Waals surface area contributed by atoms with Gasteiger partial charge in [0, 0.05) is 12.3 Å². The molecule has 14 N–H and O–H groups in total. The first-order chi connectivity index (χ1) is 34.9. The molecule has 0 amide bonds. The van der Waals surface area contributed by atoms with Crippen LogP contribution in [0.25, 0.3) is 0 Å². The van der Waals surface area contributed by atoms with E-state index in [9.17, 15) is 71.5 Å². The van der Waals surface area contributed by atoms with Crippen LogP contribution in [-0.2, 0) is 42.6 Å². The lowest BCUT2D eigenvalue weighted by molar-refractivity contribution is -0.391. The van der Waals surface area contributed by atoms with Gasteiger partial charge in [0.25, 0.3) is 0 Å². The minimum absolute atomic E-state index is 0.00468. The summed E-state index contributed by atoms with van der Waals surface area (Å²) in [4.78, 5) is 0. The fourth-order valence-electron chi connectivity index (χ4n) is 16.0. The third-order valence-electron chi connectivity index (χ3n) is 20.3. The second-order valence-electron chi connectivity index (χ2n) is 24.4. The minimum atomic E-state index is -2.61. The predicted molar refractivity (Wildman–Crippen MR) is 248 cm³/mol. The lowest BCUT2D eigenvalue weighted by atomic mass is 9.47. The number of allylic oxidation sites excluding steroid dienone is 1. The lowest BCUT2D eigenvalue weighted by Crippen LogP contribution is -2.77. The summed E-state index contributed by atoms with van der Waals surface area (Å²) in [6.07, 6.45) is -22.2. The molecule has 0 aromatic carbocycles. The van der Waals surface area contributed by atoms with Gasteiger partial charge in [-0.25, -0.2) is 0 Å². The smallest absolute Gasteiger partial charge is 0.192 e. The highest BCUT2D eigenvalue weighted by Crippen LogP contribution is 2.71. The molecule has 4 aliphatic carbocycles. The van der Waals surface area contributed by atoms with E-state index in [1.54, 1.807) is 0 Å². The first-order valence-corrected chi connectivity index (χ1v) is 26.9. The van der Waals surface area contributed by atoms with Crippen LogP contribution in [0.1, 0.15) is 92.4 Å². The van der Waals surface area contributed by atoms with Gasteiger partial charge in [-0.3, -0.25) is 0 Å². The topological polar surface area (TPSA) is 366 Å². The normalized spacial score (nSPS) is 58.4. The zero-order chi connectivity index (χ0) is 53.4. The van der Waals surface area contributed by atoms with Gasteiger partial charge in [0.1, 0.15) is 91.6 Å². The maximum atomic E-state index is 12.2. The number of aliphatic hydroxyl groups is 14. The monoisotopic (exact) mass is 1060 g/mol. The van der Waals surface area contributed by atoms with Crippen molar-refractivity contribution in [3.8, 4) is 0 Å². The SMILES string of the molecule is C[C@@H]1O[C@@H]([C@]2(O)[C@H](O[C@H]3CC[C@@]4(C)C(=CC[C@H]5[C@@H]6C[C@@H]7O[C@]8(CC[C@@](C)(CO[C@@H]9O[C@H](CO)[C@@H](O)[C@H](O)[C@H]9O[C@@H]9O[C@H](CO)[C@@H](O)[C@H](O)[C@H]9O)O8)[C@@H](C)[C@@H]7[C@@]6(C)CC[C@@H]54)C3)O[C@H](CO)[C@@H](O)[C@@H]2O)[C@H](O)[C@H](O)[C@H]1O. The largest absolute Gasteiger partial charge is 0.394 e. The lowest BCUT2D eigenvalue weighted by Gasteiger charge is -2.59. The van der Waals surface area contributed by atoms with E-state index >= 15 is 0 Å². The Morgan fingerprint density at radius 3 is 1.99 bits per heavy atom. The molecule has 10 rings (SSSR count). The van der Waals surface area contributed by atoms with Gasteiger partial charge in [-0.2, -0.15) is 0 Å². The summed E-state index contributed by atoms with van der Waals surface area (Å²) in [6.45, 7) is 8.13. The molecule has 3 saturated carbocycles. The van der Waals surface area contributed by atoms with Crippen LogP contribution < -0.4 is 0 Å². The third kappa shape index (κ3) is 8.82. The molecular formula is C51H82O23. The quantitative estimate of drug-likeness (QED) is 0.0895. The second-order valence-corrected chi connectivity index (χ2v) is 24.4. The number of rotatable bonds is 11. The van der Waals surface area contributed by atoms with Crippen LogP contribution >= 0.6 is 0 Å². The summed E-state index contributed by atoms with van der Waals surface area (Å²) in [6, 6.07) is 0. The van der Waals surface area contributed by atoms with Crippen LogP contribution in [0, 0.1) is 40.4 Å². The van der Waals surface area contributed by atoms with Crippen molar-refractivity contribution >= 4 is 0 Å². The van der Waals surface area contributed by atoms with Crippen LogP contribution in [0.4, 0.5) is 0 Å². The van der Waals surface area contributed by atoms with Crippen LogP contribution in [0.2, 0.25) is 0 Å². The van der Waals surface area contributed by atoms with E-state index < -0.39 is 159 Å². The summed E-state index contributed by atoms with van der Waals surface area (Å²) in [7, 11) is 0. The maximum absolute atomic E-state index is 12.2. The van der Waals surface area contributed by atoms with Gasteiger partial charge >= 0.3 is 0 Å². The van der Waals surface area contributed by atoms with Crippen molar-refractivity contribution in [1.82, 2.24) is 0 Å². The minimum Gasteiger partial charge on any atom is -0.394 e. The van der Waals surface area contributed by atoms with Gasteiger partial charge in [0.2, 0.25) is 0 Å².